The molecule has 1 aliphatic rings. The van der Waals surface area contributed by atoms with E-state index in [1.54, 1.807) is 17.0 Å². The first-order valence-electron chi connectivity index (χ1n) is 9.70. The lowest BCUT2D eigenvalue weighted by atomic mass is 10.1. The van der Waals surface area contributed by atoms with Crippen molar-refractivity contribution in [3.8, 4) is 5.75 Å². The van der Waals surface area contributed by atoms with Crippen LogP contribution in [0.5, 0.6) is 5.75 Å². The molecule has 2 aromatic carbocycles. The summed E-state index contributed by atoms with van der Waals surface area (Å²) in [4.78, 5) is 16.5. The van der Waals surface area contributed by atoms with Crippen LogP contribution in [-0.2, 0) is 11.3 Å². The lowest BCUT2D eigenvalue weighted by molar-refractivity contribution is -0.153. The average Bonchev–Trinajstić information content (AvgIpc) is 2.72. The number of hydrogen-bond acceptors (Lipinski definition) is 4. The van der Waals surface area contributed by atoms with E-state index in [1.165, 1.54) is 12.1 Å². The highest BCUT2D eigenvalue weighted by atomic mass is 19.4. The van der Waals surface area contributed by atoms with Gasteiger partial charge in [0.15, 0.2) is 6.61 Å². The Balaban J connectivity index is 1.62. The van der Waals surface area contributed by atoms with Gasteiger partial charge in [0.05, 0.1) is 13.2 Å². The van der Waals surface area contributed by atoms with Crippen molar-refractivity contribution in [2.75, 3.05) is 44.9 Å². The van der Waals surface area contributed by atoms with E-state index in [4.69, 9.17) is 9.47 Å². The molecule has 2 aromatic rings. The number of rotatable bonds is 6. The molecule has 5 nitrogen and oxygen atoms in total. The molecule has 1 heterocycles. The fourth-order valence-electron chi connectivity index (χ4n) is 3.38. The molecule has 3 rings (SSSR count). The molecule has 0 aliphatic carbocycles. The summed E-state index contributed by atoms with van der Waals surface area (Å²) in [6.07, 6.45) is -4.36. The first-order chi connectivity index (χ1) is 14.2. The standard InChI is InChI=1S/C22H25F3N2O3/c1-16-13-18(21(28)27-9-11-29-12-10-27)5-8-20(16)26(2)14-17-3-6-19(7-4-17)30-15-22(23,24)25/h3-8,13H,9-12,14-15H2,1-2H3. The molecule has 0 atom stereocenters. The molecule has 0 spiro atoms. The molecule has 1 amide bonds. The van der Waals surface area contributed by atoms with Gasteiger partial charge in [0.25, 0.3) is 5.91 Å². The Hall–Kier alpha value is -2.74. The van der Waals surface area contributed by atoms with E-state index in [0.717, 1.165) is 16.8 Å². The molecule has 30 heavy (non-hydrogen) atoms. The van der Waals surface area contributed by atoms with Gasteiger partial charge in [0.2, 0.25) is 0 Å². The van der Waals surface area contributed by atoms with Gasteiger partial charge in [-0.3, -0.25) is 4.79 Å². The van der Waals surface area contributed by atoms with Crippen molar-refractivity contribution in [3.63, 3.8) is 0 Å². The van der Waals surface area contributed by atoms with Crippen LogP contribution < -0.4 is 9.64 Å². The third-order valence-corrected chi connectivity index (χ3v) is 4.90. The summed E-state index contributed by atoms with van der Waals surface area (Å²) in [7, 11) is 1.93. The highest BCUT2D eigenvalue weighted by molar-refractivity contribution is 5.95. The normalized spacial score (nSPS) is 14.5. The quantitative estimate of drug-likeness (QED) is 0.705. The van der Waals surface area contributed by atoms with Gasteiger partial charge in [-0.1, -0.05) is 12.1 Å². The van der Waals surface area contributed by atoms with Crippen LogP contribution in [0.4, 0.5) is 18.9 Å². The maximum atomic E-state index is 12.6. The van der Waals surface area contributed by atoms with E-state index in [9.17, 15) is 18.0 Å². The summed E-state index contributed by atoms with van der Waals surface area (Å²) in [6.45, 7) is 3.54. The van der Waals surface area contributed by atoms with E-state index in [1.807, 2.05) is 37.1 Å². The first kappa shape index (κ1) is 22.0. The van der Waals surface area contributed by atoms with Gasteiger partial charge in [-0.2, -0.15) is 13.2 Å². The van der Waals surface area contributed by atoms with Crippen molar-refractivity contribution in [1.82, 2.24) is 4.90 Å². The minimum absolute atomic E-state index is 0.00467. The van der Waals surface area contributed by atoms with Crippen LogP contribution in [0, 0.1) is 6.92 Å². The highest BCUT2D eigenvalue weighted by Gasteiger charge is 2.28. The van der Waals surface area contributed by atoms with Gasteiger partial charge < -0.3 is 19.3 Å². The third-order valence-electron chi connectivity index (χ3n) is 4.90. The number of ether oxygens (including phenoxy) is 2. The van der Waals surface area contributed by atoms with Crippen LogP contribution in [0.15, 0.2) is 42.5 Å². The number of nitrogens with zero attached hydrogens (tertiary/aromatic N) is 2. The molecule has 8 heteroatoms. The zero-order chi connectivity index (χ0) is 21.7. The van der Waals surface area contributed by atoms with Gasteiger partial charge in [-0.15, -0.1) is 0 Å². The van der Waals surface area contributed by atoms with Crippen LogP contribution in [0.1, 0.15) is 21.5 Å². The van der Waals surface area contributed by atoms with Gasteiger partial charge in [0, 0.05) is 37.9 Å². The van der Waals surface area contributed by atoms with E-state index in [0.29, 0.717) is 38.4 Å². The Bertz CT molecular complexity index is 863. The average molecular weight is 422 g/mol. The van der Waals surface area contributed by atoms with E-state index >= 15 is 0 Å². The molecule has 162 valence electrons. The number of anilines is 1. The molecule has 0 unspecified atom stereocenters. The number of halogens is 3. The summed E-state index contributed by atoms with van der Waals surface area (Å²) >= 11 is 0. The highest BCUT2D eigenvalue weighted by Crippen LogP contribution is 2.24. The second kappa shape index (κ2) is 9.38. The first-order valence-corrected chi connectivity index (χ1v) is 9.70. The molecule has 0 N–H and O–H groups in total. The van der Waals surface area contributed by atoms with Crippen molar-refractivity contribution >= 4 is 11.6 Å². The number of carbonyl (C=O) groups excluding carboxylic acids is 1. The van der Waals surface area contributed by atoms with Crippen molar-refractivity contribution < 1.29 is 27.4 Å². The van der Waals surface area contributed by atoms with Gasteiger partial charge in [0.1, 0.15) is 5.75 Å². The minimum Gasteiger partial charge on any atom is -0.484 e. The Labute approximate surface area is 174 Å². The molecule has 0 radical (unpaired) electrons. The predicted octanol–water partition coefficient (Wildman–Crippen LogP) is 4.04. The van der Waals surface area contributed by atoms with E-state index in [-0.39, 0.29) is 11.7 Å². The molecule has 0 bridgehead atoms. The van der Waals surface area contributed by atoms with Crippen molar-refractivity contribution in [1.29, 1.82) is 0 Å². The van der Waals surface area contributed by atoms with E-state index < -0.39 is 12.8 Å². The molecular weight excluding hydrogens is 397 g/mol. The topological polar surface area (TPSA) is 42.0 Å². The Morgan fingerprint density at radius 2 is 1.80 bits per heavy atom. The van der Waals surface area contributed by atoms with Crippen LogP contribution in [0.25, 0.3) is 0 Å². The minimum atomic E-state index is -4.36. The lowest BCUT2D eigenvalue weighted by Crippen LogP contribution is -2.40. The number of carbonyl (C=O) groups is 1. The number of aryl methyl sites for hydroxylation is 1. The van der Waals surface area contributed by atoms with Crippen molar-refractivity contribution in [3.05, 3.63) is 59.2 Å². The summed E-state index contributed by atoms with van der Waals surface area (Å²) in [5, 5.41) is 0. The lowest BCUT2D eigenvalue weighted by Gasteiger charge is -2.27. The SMILES string of the molecule is Cc1cc(C(=O)N2CCOCC2)ccc1N(C)Cc1ccc(OCC(F)(F)F)cc1. The molecule has 1 saturated heterocycles. The zero-order valence-corrected chi connectivity index (χ0v) is 17.0. The predicted molar refractivity (Wildman–Crippen MR) is 108 cm³/mol. The Morgan fingerprint density at radius 3 is 2.40 bits per heavy atom. The second-order valence-electron chi connectivity index (χ2n) is 7.31. The van der Waals surface area contributed by atoms with Gasteiger partial charge in [-0.25, -0.2) is 0 Å². The smallest absolute Gasteiger partial charge is 0.422 e. The van der Waals surface area contributed by atoms with Crippen LogP contribution in [0.2, 0.25) is 0 Å². The molecule has 0 saturated carbocycles. The Kier molecular flexibility index (Phi) is 6.87. The summed E-state index contributed by atoms with van der Waals surface area (Å²) < 4.78 is 46.8. The zero-order valence-electron chi connectivity index (χ0n) is 17.0. The largest absolute Gasteiger partial charge is 0.484 e. The maximum absolute atomic E-state index is 12.6. The fourth-order valence-corrected chi connectivity index (χ4v) is 3.38. The number of alkyl halides is 3. The van der Waals surface area contributed by atoms with Crippen molar-refractivity contribution in [2.45, 2.75) is 19.6 Å². The van der Waals surface area contributed by atoms with Crippen LogP contribution in [0.3, 0.4) is 0 Å². The third kappa shape index (κ3) is 5.89. The van der Waals surface area contributed by atoms with Crippen molar-refractivity contribution in [2.24, 2.45) is 0 Å². The molecular formula is C22H25F3N2O3. The number of amides is 1. The summed E-state index contributed by atoms with van der Waals surface area (Å²) in [6, 6.07) is 12.2. The monoisotopic (exact) mass is 422 g/mol. The maximum Gasteiger partial charge on any atom is 0.422 e. The summed E-state index contributed by atoms with van der Waals surface area (Å²) in [5.74, 6) is 0.186. The fraction of sp³-hybridized carbons (Fsp3) is 0.409. The van der Waals surface area contributed by atoms with Crippen LogP contribution in [-0.4, -0.2) is 56.9 Å². The van der Waals surface area contributed by atoms with Crippen LogP contribution >= 0.6 is 0 Å². The number of benzene rings is 2. The van der Waals surface area contributed by atoms with Gasteiger partial charge in [-0.05, 0) is 48.4 Å². The summed E-state index contributed by atoms with van der Waals surface area (Å²) in [5.41, 5.74) is 3.54. The molecule has 1 fully saturated rings. The van der Waals surface area contributed by atoms with E-state index in [2.05, 4.69) is 0 Å². The number of hydrogen-bond donors (Lipinski definition) is 0. The molecule has 1 aliphatic heterocycles. The Morgan fingerprint density at radius 1 is 1.13 bits per heavy atom. The molecule has 0 aromatic heterocycles. The number of morpholine rings is 1. The second-order valence-corrected chi connectivity index (χ2v) is 7.31. The van der Waals surface area contributed by atoms with Gasteiger partial charge >= 0.3 is 6.18 Å².